The zero-order valence-electron chi connectivity index (χ0n) is 14.7. The molecule has 1 aromatic heterocycles. The molecule has 3 nitrogen and oxygen atoms in total. The third-order valence-corrected chi connectivity index (χ3v) is 4.65. The summed E-state index contributed by atoms with van der Waals surface area (Å²) in [6.07, 6.45) is 3.54. The molecule has 0 bridgehead atoms. The maximum atomic E-state index is 14.1. The first-order chi connectivity index (χ1) is 12.4. The second kappa shape index (κ2) is 7.12. The normalized spacial score (nSPS) is 12.2. The van der Waals surface area contributed by atoms with E-state index in [-0.39, 0.29) is 11.5 Å². The number of nitrogens with zero attached hydrogens (tertiary/aromatic N) is 2. The molecular formula is C21H20F2N2O. The van der Waals surface area contributed by atoms with E-state index >= 15 is 0 Å². The number of halogens is 2. The van der Waals surface area contributed by atoms with Crippen molar-refractivity contribution in [2.24, 2.45) is 0 Å². The number of fused-ring (bicyclic) bond motifs is 1. The van der Waals surface area contributed by atoms with E-state index in [2.05, 4.69) is 6.58 Å². The quantitative estimate of drug-likeness (QED) is 0.596. The molecule has 0 unspecified atom stereocenters. The average molecular weight is 354 g/mol. The fraction of sp³-hybridized carbons (Fsp3) is 0.190. The van der Waals surface area contributed by atoms with Crippen LogP contribution in [0.1, 0.15) is 28.9 Å². The van der Waals surface area contributed by atoms with Crippen molar-refractivity contribution in [3.63, 3.8) is 0 Å². The molecule has 0 fully saturated rings. The number of carbonyl (C=O) groups is 1. The van der Waals surface area contributed by atoms with Gasteiger partial charge in [0.1, 0.15) is 11.6 Å². The lowest BCUT2D eigenvalue weighted by Crippen LogP contribution is -2.30. The minimum absolute atomic E-state index is 0.149. The maximum Gasteiger partial charge on any atom is 0.256 e. The molecule has 0 radical (unpaired) electrons. The van der Waals surface area contributed by atoms with Crippen molar-refractivity contribution < 1.29 is 13.6 Å². The second-order valence-electron chi connectivity index (χ2n) is 6.26. The van der Waals surface area contributed by atoms with E-state index in [1.54, 1.807) is 26.2 Å². The number of carbonyl (C=O) groups excluding carboxylic acids is 1. The Kier molecular flexibility index (Phi) is 4.89. The Morgan fingerprint density at radius 3 is 2.73 bits per heavy atom. The maximum absolute atomic E-state index is 14.1. The molecule has 1 amide bonds. The number of hydrogen-bond donors (Lipinski definition) is 0. The van der Waals surface area contributed by atoms with Crippen LogP contribution in [-0.4, -0.2) is 22.4 Å². The minimum Gasteiger partial charge on any atom is -0.343 e. The molecule has 3 rings (SSSR count). The van der Waals surface area contributed by atoms with Gasteiger partial charge in [-0.3, -0.25) is 4.79 Å². The zero-order chi connectivity index (χ0) is 18.8. The molecule has 134 valence electrons. The molecule has 0 aliphatic carbocycles. The average Bonchev–Trinajstić information content (AvgIpc) is 3.01. The summed E-state index contributed by atoms with van der Waals surface area (Å²) in [5, 5.41) is 0.818. The SMILES string of the molecule is C=CCn1cc(C(=O)N(C)[C@@H](C)c2cc(F)ccc2F)c2ccccc21. The van der Waals surface area contributed by atoms with Gasteiger partial charge in [-0.25, -0.2) is 8.78 Å². The first-order valence-electron chi connectivity index (χ1n) is 8.35. The van der Waals surface area contributed by atoms with Crippen LogP contribution in [0.4, 0.5) is 8.78 Å². The lowest BCUT2D eigenvalue weighted by atomic mass is 10.0. The summed E-state index contributed by atoms with van der Waals surface area (Å²) in [6.45, 7) is 6.00. The van der Waals surface area contributed by atoms with E-state index in [1.807, 2.05) is 28.8 Å². The smallest absolute Gasteiger partial charge is 0.256 e. The van der Waals surface area contributed by atoms with Crippen molar-refractivity contribution in [2.45, 2.75) is 19.5 Å². The monoisotopic (exact) mass is 354 g/mol. The van der Waals surface area contributed by atoms with Gasteiger partial charge in [0.25, 0.3) is 5.91 Å². The van der Waals surface area contributed by atoms with Gasteiger partial charge in [0.2, 0.25) is 0 Å². The highest BCUT2D eigenvalue weighted by Gasteiger charge is 2.24. The number of rotatable bonds is 5. The largest absolute Gasteiger partial charge is 0.343 e. The predicted molar refractivity (Wildman–Crippen MR) is 99.0 cm³/mol. The molecule has 0 saturated heterocycles. The van der Waals surface area contributed by atoms with Crippen LogP contribution in [-0.2, 0) is 6.54 Å². The van der Waals surface area contributed by atoms with Crippen LogP contribution >= 0.6 is 0 Å². The van der Waals surface area contributed by atoms with Gasteiger partial charge in [0, 0.05) is 36.3 Å². The van der Waals surface area contributed by atoms with E-state index in [1.165, 1.54) is 4.90 Å². The molecule has 1 heterocycles. The van der Waals surface area contributed by atoms with Crippen LogP contribution in [0.5, 0.6) is 0 Å². The Labute approximate surface area is 151 Å². The summed E-state index contributed by atoms with van der Waals surface area (Å²) >= 11 is 0. The summed E-state index contributed by atoms with van der Waals surface area (Å²) in [5.74, 6) is -1.32. The molecular weight excluding hydrogens is 334 g/mol. The van der Waals surface area contributed by atoms with E-state index < -0.39 is 17.7 Å². The zero-order valence-corrected chi connectivity index (χ0v) is 14.7. The molecule has 1 atom stereocenters. The molecule has 3 aromatic rings. The molecule has 0 spiro atoms. The standard InChI is InChI=1S/C21H20F2N2O/c1-4-11-25-13-18(16-7-5-6-8-20(16)25)21(26)24(3)14(2)17-12-15(22)9-10-19(17)23/h4-10,12-14H,1,11H2,2-3H3/t14-/m0/s1. The Bertz CT molecular complexity index is 977. The van der Waals surface area contributed by atoms with Gasteiger partial charge in [-0.2, -0.15) is 0 Å². The van der Waals surface area contributed by atoms with Gasteiger partial charge in [-0.15, -0.1) is 6.58 Å². The van der Waals surface area contributed by atoms with Crippen LogP contribution in [0, 0.1) is 11.6 Å². The summed E-state index contributed by atoms with van der Waals surface area (Å²) < 4.78 is 29.5. The van der Waals surface area contributed by atoms with E-state index in [0.29, 0.717) is 12.1 Å². The third kappa shape index (κ3) is 3.12. The Hall–Kier alpha value is -2.95. The van der Waals surface area contributed by atoms with Crippen LogP contribution in [0.3, 0.4) is 0 Å². The van der Waals surface area contributed by atoms with Crippen LogP contribution < -0.4 is 0 Å². The van der Waals surface area contributed by atoms with Gasteiger partial charge in [0.05, 0.1) is 11.6 Å². The lowest BCUT2D eigenvalue weighted by Gasteiger charge is -2.25. The topological polar surface area (TPSA) is 25.2 Å². The highest BCUT2D eigenvalue weighted by molar-refractivity contribution is 6.07. The van der Waals surface area contributed by atoms with Crippen molar-refractivity contribution in [3.8, 4) is 0 Å². The van der Waals surface area contributed by atoms with Crippen molar-refractivity contribution in [3.05, 3.63) is 84.1 Å². The Balaban J connectivity index is 1.99. The number of benzene rings is 2. The van der Waals surface area contributed by atoms with Crippen molar-refractivity contribution >= 4 is 16.8 Å². The number of allylic oxidation sites excluding steroid dienone is 1. The number of hydrogen-bond acceptors (Lipinski definition) is 1. The summed E-state index contributed by atoms with van der Waals surface area (Å²) in [5.41, 5.74) is 1.60. The highest BCUT2D eigenvalue weighted by atomic mass is 19.1. The number of amides is 1. The molecule has 26 heavy (non-hydrogen) atoms. The van der Waals surface area contributed by atoms with Gasteiger partial charge < -0.3 is 9.47 Å². The van der Waals surface area contributed by atoms with Crippen LogP contribution in [0.25, 0.3) is 10.9 Å². The molecule has 5 heteroatoms. The Morgan fingerprint density at radius 1 is 1.27 bits per heavy atom. The van der Waals surface area contributed by atoms with E-state index in [4.69, 9.17) is 0 Å². The highest BCUT2D eigenvalue weighted by Crippen LogP contribution is 2.27. The van der Waals surface area contributed by atoms with Gasteiger partial charge >= 0.3 is 0 Å². The fourth-order valence-corrected chi connectivity index (χ4v) is 3.12. The van der Waals surface area contributed by atoms with E-state index in [9.17, 15) is 13.6 Å². The first kappa shape index (κ1) is 17.9. The van der Waals surface area contributed by atoms with Gasteiger partial charge in [0.15, 0.2) is 0 Å². The lowest BCUT2D eigenvalue weighted by molar-refractivity contribution is 0.0742. The summed E-state index contributed by atoms with van der Waals surface area (Å²) in [7, 11) is 1.59. The number of para-hydroxylation sites is 1. The van der Waals surface area contributed by atoms with Crippen LogP contribution in [0.2, 0.25) is 0 Å². The van der Waals surface area contributed by atoms with Crippen molar-refractivity contribution in [1.29, 1.82) is 0 Å². The number of aromatic nitrogens is 1. The van der Waals surface area contributed by atoms with Crippen molar-refractivity contribution in [2.75, 3.05) is 7.05 Å². The molecule has 0 saturated carbocycles. The van der Waals surface area contributed by atoms with Gasteiger partial charge in [-0.05, 0) is 31.2 Å². The Morgan fingerprint density at radius 2 is 2.00 bits per heavy atom. The molecule has 2 aromatic carbocycles. The minimum atomic E-state index is -0.611. The second-order valence-corrected chi connectivity index (χ2v) is 6.26. The van der Waals surface area contributed by atoms with Crippen LogP contribution in [0.15, 0.2) is 61.3 Å². The fourth-order valence-electron chi connectivity index (χ4n) is 3.12. The van der Waals surface area contributed by atoms with Gasteiger partial charge in [-0.1, -0.05) is 24.3 Å². The molecule has 0 aliphatic heterocycles. The summed E-state index contributed by atoms with van der Waals surface area (Å²) in [6, 6.07) is 10.3. The summed E-state index contributed by atoms with van der Waals surface area (Å²) in [4.78, 5) is 14.5. The predicted octanol–water partition coefficient (Wildman–Crippen LogP) is 4.94. The first-order valence-corrected chi connectivity index (χ1v) is 8.35. The van der Waals surface area contributed by atoms with E-state index in [0.717, 1.165) is 29.1 Å². The molecule has 0 N–H and O–H groups in total. The molecule has 0 aliphatic rings. The van der Waals surface area contributed by atoms with Crippen molar-refractivity contribution in [1.82, 2.24) is 9.47 Å². The third-order valence-electron chi connectivity index (χ3n) is 4.65.